The van der Waals surface area contributed by atoms with E-state index in [0.29, 0.717) is 29.4 Å². The molecule has 1 aromatic rings. The van der Waals surface area contributed by atoms with Crippen molar-refractivity contribution in [3.8, 4) is 0 Å². The van der Waals surface area contributed by atoms with Crippen molar-refractivity contribution in [3.05, 3.63) is 5.01 Å². The van der Waals surface area contributed by atoms with Gasteiger partial charge in [-0.05, 0) is 38.3 Å². The molecule has 1 aromatic heterocycles. The molecule has 27 heavy (non-hydrogen) atoms. The maximum Gasteiger partial charge on any atom is 0.229 e. The van der Waals surface area contributed by atoms with Gasteiger partial charge >= 0.3 is 0 Å². The van der Waals surface area contributed by atoms with Crippen LogP contribution in [0.3, 0.4) is 0 Å². The molecule has 0 radical (unpaired) electrons. The quantitative estimate of drug-likeness (QED) is 0.788. The van der Waals surface area contributed by atoms with Gasteiger partial charge in [0, 0.05) is 38.5 Å². The molecule has 148 valence electrons. The van der Waals surface area contributed by atoms with Crippen LogP contribution in [0.25, 0.3) is 0 Å². The Morgan fingerprint density at radius 3 is 2.48 bits per heavy atom. The summed E-state index contributed by atoms with van der Waals surface area (Å²) < 4.78 is 0. The van der Waals surface area contributed by atoms with Crippen LogP contribution >= 0.6 is 11.3 Å². The van der Waals surface area contributed by atoms with E-state index in [1.807, 2.05) is 4.90 Å². The fourth-order valence-corrected chi connectivity index (χ4v) is 5.53. The Morgan fingerprint density at radius 2 is 1.89 bits per heavy atom. The Labute approximate surface area is 164 Å². The first-order valence-electron chi connectivity index (χ1n) is 9.98. The monoisotopic (exact) mass is 391 g/mol. The predicted octanol–water partition coefficient (Wildman–Crippen LogP) is 1.96. The van der Waals surface area contributed by atoms with Gasteiger partial charge in [-0.1, -0.05) is 25.2 Å². The van der Waals surface area contributed by atoms with Crippen molar-refractivity contribution < 1.29 is 9.59 Å². The number of amides is 2. The first-order chi connectivity index (χ1) is 12.9. The molecule has 3 saturated heterocycles. The Bertz CT molecular complexity index is 725. The van der Waals surface area contributed by atoms with E-state index in [-0.39, 0.29) is 17.7 Å². The van der Waals surface area contributed by atoms with Gasteiger partial charge in [0.15, 0.2) is 0 Å². The number of carbonyl (C=O) groups is 2. The first kappa shape index (κ1) is 18.8. The molecule has 0 N–H and O–H groups in total. The summed E-state index contributed by atoms with van der Waals surface area (Å²) in [7, 11) is 2.18. The Balaban J connectivity index is 1.37. The molecule has 3 aliphatic heterocycles. The van der Waals surface area contributed by atoms with E-state index in [1.165, 1.54) is 24.3 Å². The SMILES string of the molecule is CC(C)c1nnc(N2CC(C(=O)N3CCC4(CCN(C)C4)CC3)CC2=O)s1. The van der Waals surface area contributed by atoms with Gasteiger partial charge in [0.05, 0.1) is 5.92 Å². The van der Waals surface area contributed by atoms with Crippen molar-refractivity contribution in [2.75, 3.05) is 44.7 Å². The fourth-order valence-electron chi connectivity index (χ4n) is 4.65. The maximum absolute atomic E-state index is 13.0. The molecule has 0 saturated carbocycles. The maximum atomic E-state index is 13.0. The van der Waals surface area contributed by atoms with Gasteiger partial charge in [0.1, 0.15) is 5.01 Å². The summed E-state index contributed by atoms with van der Waals surface area (Å²) in [6.45, 7) is 8.54. The zero-order valence-corrected chi connectivity index (χ0v) is 17.3. The van der Waals surface area contributed by atoms with Crippen LogP contribution in [0.5, 0.6) is 0 Å². The van der Waals surface area contributed by atoms with Crippen molar-refractivity contribution in [1.29, 1.82) is 0 Å². The second-order valence-corrected chi connectivity index (χ2v) is 9.78. The molecule has 0 aromatic carbocycles. The standard InChI is InChI=1S/C19H29N5O2S/c1-13(2)16-20-21-18(27-16)24-11-14(10-15(24)25)17(26)23-8-5-19(6-9-23)4-7-22(3)12-19/h13-14H,4-12H2,1-3H3. The van der Waals surface area contributed by atoms with E-state index < -0.39 is 0 Å². The summed E-state index contributed by atoms with van der Waals surface area (Å²) in [5, 5.41) is 9.91. The number of carbonyl (C=O) groups excluding carboxylic acids is 2. The number of aromatic nitrogens is 2. The normalized spacial score (nSPS) is 25.9. The third-order valence-corrected chi connectivity index (χ3v) is 7.64. The lowest BCUT2D eigenvalue weighted by Gasteiger charge is -2.40. The van der Waals surface area contributed by atoms with Crippen molar-refractivity contribution >= 4 is 28.3 Å². The third kappa shape index (κ3) is 3.61. The first-order valence-corrected chi connectivity index (χ1v) is 10.8. The van der Waals surface area contributed by atoms with Crippen LogP contribution in [0, 0.1) is 11.3 Å². The molecule has 0 bridgehead atoms. The molecular weight excluding hydrogens is 362 g/mol. The smallest absolute Gasteiger partial charge is 0.229 e. The van der Waals surface area contributed by atoms with Gasteiger partial charge in [-0.3, -0.25) is 14.5 Å². The summed E-state index contributed by atoms with van der Waals surface area (Å²) >= 11 is 1.46. The topological polar surface area (TPSA) is 69.6 Å². The molecule has 3 aliphatic rings. The lowest BCUT2D eigenvalue weighted by atomic mass is 9.77. The highest BCUT2D eigenvalue weighted by Gasteiger charge is 2.43. The molecule has 3 fully saturated rings. The van der Waals surface area contributed by atoms with Gasteiger partial charge in [0.25, 0.3) is 0 Å². The van der Waals surface area contributed by atoms with Gasteiger partial charge in [-0.15, -0.1) is 10.2 Å². The van der Waals surface area contributed by atoms with Crippen LogP contribution in [0.1, 0.15) is 50.5 Å². The van der Waals surface area contributed by atoms with Crippen molar-refractivity contribution in [2.45, 2.75) is 45.4 Å². The van der Waals surface area contributed by atoms with E-state index in [1.54, 1.807) is 4.90 Å². The minimum absolute atomic E-state index is 0.00861. The summed E-state index contributed by atoms with van der Waals surface area (Å²) in [5.74, 6) is 0.178. The average molecular weight is 392 g/mol. The van der Waals surface area contributed by atoms with E-state index in [9.17, 15) is 9.59 Å². The number of likely N-dealkylation sites (tertiary alicyclic amines) is 2. The highest BCUT2D eigenvalue weighted by molar-refractivity contribution is 7.15. The number of nitrogens with zero attached hydrogens (tertiary/aromatic N) is 5. The lowest BCUT2D eigenvalue weighted by Crippen LogP contribution is -2.46. The van der Waals surface area contributed by atoms with Crippen molar-refractivity contribution in [1.82, 2.24) is 20.0 Å². The second-order valence-electron chi connectivity index (χ2n) is 8.80. The van der Waals surface area contributed by atoms with Gasteiger partial charge in [-0.2, -0.15) is 0 Å². The van der Waals surface area contributed by atoms with Gasteiger partial charge < -0.3 is 9.80 Å². The molecule has 1 unspecified atom stereocenters. The summed E-state index contributed by atoms with van der Waals surface area (Å²) in [6, 6.07) is 0. The zero-order valence-electron chi connectivity index (χ0n) is 16.5. The highest BCUT2D eigenvalue weighted by atomic mass is 32.1. The van der Waals surface area contributed by atoms with Crippen LogP contribution in [0.2, 0.25) is 0 Å². The van der Waals surface area contributed by atoms with E-state index >= 15 is 0 Å². The molecule has 2 amide bonds. The van der Waals surface area contributed by atoms with Crippen LogP contribution in [-0.2, 0) is 9.59 Å². The number of rotatable bonds is 3. The third-order valence-electron chi connectivity index (χ3n) is 6.39. The Morgan fingerprint density at radius 1 is 1.19 bits per heavy atom. The summed E-state index contributed by atoms with van der Waals surface area (Å²) in [5.41, 5.74) is 0.406. The summed E-state index contributed by atoms with van der Waals surface area (Å²) in [6.07, 6.45) is 3.71. The van der Waals surface area contributed by atoms with Crippen molar-refractivity contribution in [2.24, 2.45) is 11.3 Å². The number of piperidine rings is 1. The number of hydrogen-bond acceptors (Lipinski definition) is 6. The average Bonchev–Trinajstić information content (AvgIpc) is 3.34. The van der Waals surface area contributed by atoms with E-state index in [2.05, 4.69) is 36.0 Å². The molecule has 1 atom stereocenters. The molecule has 7 nitrogen and oxygen atoms in total. The summed E-state index contributed by atoms with van der Waals surface area (Å²) in [4.78, 5) is 31.5. The molecule has 4 heterocycles. The minimum atomic E-state index is -0.246. The fraction of sp³-hybridized carbons (Fsp3) is 0.789. The number of anilines is 1. The van der Waals surface area contributed by atoms with Crippen LogP contribution < -0.4 is 4.90 Å². The van der Waals surface area contributed by atoms with Crippen molar-refractivity contribution in [3.63, 3.8) is 0 Å². The zero-order chi connectivity index (χ0) is 19.2. The van der Waals surface area contributed by atoms with Crippen LogP contribution in [0.4, 0.5) is 5.13 Å². The largest absolute Gasteiger partial charge is 0.342 e. The number of hydrogen-bond donors (Lipinski definition) is 0. The van der Waals surface area contributed by atoms with E-state index in [0.717, 1.165) is 37.5 Å². The second kappa shape index (κ2) is 7.13. The molecular formula is C19H29N5O2S. The molecule has 1 spiro atoms. The molecule has 0 aliphatic carbocycles. The van der Waals surface area contributed by atoms with Crippen LogP contribution in [0.15, 0.2) is 0 Å². The van der Waals surface area contributed by atoms with Gasteiger partial charge in [-0.25, -0.2) is 0 Å². The molecule has 8 heteroatoms. The highest BCUT2D eigenvalue weighted by Crippen LogP contribution is 2.40. The van der Waals surface area contributed by atoms with Gasteiger partial charge in [0.2, 0.25) is 16.9 Å². The Kier molecular flexibility index (Phi) is 4.96. The van der Waals surface area contributed by atoms with Crippen LogP contribution in [-0.4, -0.2) is 71.6 Å². The minimum Gasteiger partial charge on any atom is -0.342 e. The Hall–Kier alpha value is -1.54. The molecule has 4 rings (SSSR count). The lowest BCUT2D eigenvalue weighted by molar-refractivity contribution is -0.138. The predicted molar refractivity (Wildman–Crippen MR) is 105 cm³/mol. The van der Waals surface area contributed by atoms with E-state index in [4.69, 9.17) is 0 Å².